The lowest BCUT2D eigenvalue weighted by molar-refractivity contribution is -0.121. The summed E-state index contributed by atoms with van der Waals surface area (Å²) < 4.78 is 5.23. The summed E-state index contributed by atoms with van der Waals surface area (Å²) in [6.07, 6.45) is 7.83. The molecule has 1 aromatic carbocycles. The number of carbonyl (C=O) groups excluding carboxylic acids is 1. The van der Waals surface area contributed by atoms with Gasteiger partial charge in [0.15, 0.2) is 0 Å². The van der Waals surface area contributed by atoms with Crippen LogP contribution in [0.1, 0.15) is 44.1 Å². The van der Waals surface area contributed by atoms with Crippen molar-refractivity contribution >= 4 is 17.5 Å². The zero-order valence-corrected chi connectivity index (χ0v) is 17.6. The molecule has 1 amide bonds. The molecule has 2 aromatic rings. The Morgan fingerprint density at radius 3 is 2.77 bits per heavy atom. The van der Waals surface area contributed by atoms with E-state index in [-0.39, 0.29) is 5.91 Å². The minimum atomic E-state index is 0.117. The van der Waals surface area contributed by atoms with E-state index in [0.717, 1.165) is 55.3 Å². The normalized spacial score (nSPS) is 16.9. The Labute approximate surface area is 178 Å². The number of aromatic nitrogens is 2. The van der Waals surface area contributed by atoms with Crippen molar-refractivity contribution in [2.24, 2.45) is 5.92 Å². The van der Waals surface area contributed by atoms with E-state index in [2.05, 4.69) is 31.6 Å². The number of carbonyl (C=O) groups is 1. The van der Waals surface area contributed by atoms with Crippen LogP contribution in [0.2, 0.25) is 0 Å². The molecule has 7 nitrogen and oxygen atoms in total. The van der Waals surface area contributed by atoms with Gasteiger partial charge in [-0.3, -0.25) is 4.79 Å². The van der Waals surface area contributed by atoms with E-state index in [1.807, 2.05) is 24.3 Å². The van der Waals surface area contributed by atoms with Crippen molar-refractivity contribution in [1.29, 1.82) is 0 Å². The molecule has 7 heteroatoms. The Hall–Kier alpha value is -2.83. The van der Waals surface area contributed by atoms with E-state index in [0.29, 0.717) is 24.9 Å². The number of hydrogen-bond donors (Lipinski definition) is 2. The maximum Gasteiger partial charge on any atom is 0.220 e. The number of hydrogen-bond acceptors (Lipinski definition) is 6. The monoisotopic (exact) mass is 409 g/mol. The number of amides is 1. The molecule has 4 rings (SSSR count). The summed E-state index contributed by atoms with van der Waals surface area (Å²) in [5, 5.41) is 6.46. The van der Waals surface area contributed by atoms with Gasteiger partial charge in [0.05, 0.1) is 7.11 Å². The van der Waals surface area contributed by atoms with Crippen LogP contribution in [-0.2, 0) is 11.3 Å². The van der Waals surface area contributed by atoms with E-state index in [4.69, 9.17) is 4.74 Å². The molecule has 1 saturated carbocycles. The van der Waals surface area contributed by atoms with Gasteiger partial charge in [-0.15, -0.1) is 0 Å². The van der Waals surface area contributed by atoms with Gasteiger partial charge in [0.2, 0.25) is 5.91 Å². The molecule has 1 aromatic heterocycles. The number of methoxy groups -OCH3 is 1. The lowest BCUT2D eigenvalue weighted by Gasteiger charge is -2.32. The zero-order valence-electron chi connectivity index (χ0n) is 17.6. The third-order valence-electron chi connectivity index (χ3n) is 5.92. The van der Waals surface area contributed by atoms with Gasteiger partial charge in [-0.05, 0) is 55.7 Å². The van der Waals surface area contributed by atoms with Gasteiger partial charge < -0.3 is 20.3 Å². The molecule has 1 saturated heterocycles. The molecule has 2 fully saturated rings. The first kappa shape index (κ1) is 20.4. The smallest absolute Gasteiger partial charge is 0.220 e. The zero-order chi connectivity index (χ0) is 20.8. The molecular weight excluding hydrogens is 378 g/mol. The van der Waals surface area contributed by atoms with Crippen LogP contribution in [0.25, 0.3) is 0 Å². The fraction of sp³-hybridized carbons (Fsp3) is 0.522. The van der Waals surface area contributed by atoms with Gasteiger partial charge in [0, 0.05) is 38.2 Å². The van der Waals surface area contributed by atoms with Crippen molar-refractivity contribution in [3.8, 4) is 5.75 Å². The molecule has 2 N–H and O–H groups in total. The lowest BCUT2D eigenvalue weighted by Crippen LogP contribution is -2.34. The molecule has 1 aliphatic heterocycles. The Bertz CT molecular complexity index is 847. The largest absolute Gasteiger partial charge is 0.497 e. The van der Waals surface area contributed by atoms with Crippen molar-refractivity contribution in [3.63, 3.8) is 0 Å². The molecule has 0 radical (unpaired) electrons. The highest BCUT2D eigenvalue weighted by molar-refractivity contribution is 5.75. The van der Waals surface area contributed by atoms with Crippen LogP contribution in [0.4, 0.5) is 11.6 Å². The van der Waals surface area contributed by atoms with Crippen molar-refractivity contribution in [1.82, 2.24) is 15.3 Å². The maximum atomic E-state index is 12.3. The van der Waals surface area contributed by atoms with Crippen LogP contribution in [0, 0.1) is 5.92 Å². The molecular formula is C23H31N5O2. The van der Waals surface area contributed by atoms with Gasteiger partial charge in [-0.1, -0.05) is 12.1 Å². The molecule has 2 aliphatic rings. The summed E-state index contributed by atoms with van der Waals surface area (Å²) >= 11 is 0. The molecule has 0 spiro atoms. The Morgan fingerprint density at radius 2 is 2.00 bits per heavy atom. The number of benzene rings is 1. The second kappa shape index (κ2) is 9.78. The quantitative estimate of drug-likeness (QED) is 0.661. The van der Waals surface area contributed by atoms with E-state index in [9.17, 15) is 4.79 Å². The van der Waals surface area contributed by atoms with E-state index in [1.165, 1.54) is 12.8 Å². The fourth-order valence-electron chi connectivity index (χ4n) is 3.89. The Balaban J connectivity index is 1.17. The predicted molar refractivity (Wildman–Crippen MR) is 118 cm³/mol. The summed E-state index contributed by atoms with van der Waals surface area (Å²) in [6, 6.07) is 10.4. The summed E-state index contributed by atoms with van der Waals surface area (Å²) in [5.74, 6) is 3.45. The highest BCUT2D eigenvalue weighted by Crippen LogP contribution is 2.28. The summed E-state index contributed by atoms with van der Waals surface area (Å²) in [7, 11) is 1.65. The predicted octanol–water partition coefficient (Wildman–Crippen LogP) is 3.37. The van der Waals surface area contributed by atoms with Gasteiger partial charge in [0.1, 0.15) is 23.7 Å². The first-order chi connectivity index (χ1) is 14.7. The standard InChI is InChI=1S/C23H31N5O2/c1-30-20-4-2-3-18(13-20)15-24-23(29)8-5-17-9-11-28(12-10-17)22-14-21(25-16-26-22)27-19-6-7-19/h2-4,13-14,16-17,19H,5-12,15H2,1H3,(H,24,29)(H,25,26,27). The van der Waals surface area contributed by atoms with Crippen molar-refractivity contribution in [3.05, 3.63) is 42.2 Å². The number of rotatable bonds is 9. The van der Waals surface area contributed by atoms with Crippen molar-refractivity contribution in [2.45, 2.75) is 51.1 Å². The molecule has 0 unspecified atom stereocenters. The van der Waals surface area contributed by atoms with Crippen molar-refractivity contribution in [2.75, 3.05) is 30.4 Å². The summed E-state index contributed by atoms with van der Waals surface area (Å²) in [4.78, 5) is 23.4. The fourth-order valence-corrected chi connectivity index (χ4v) is 3.89. The third-order valence-corrected chi connectivity index (χ3v) is 5.92. The van der Waals surface area contributed by atoms with Gasteiger partial charge in [-0.25, -0.2) is 9.97 Å². The molecule has 30 heavy (non-hydrogen) atoms. The van der Waals surface area contributed by atoms with Gasteiger partial charge in [-0.2, -0.15) is 0 Å². The Morgan fingerprint density at radius 1 is 1.17 bits per heavy atom. The van der Waals surface area contributed by atoms with Crippen LogP contribution >= 0.6 is 0 Å². The van der Waals surface area contributed by atoms with Crippen LogP contribution in [0.3, 0.4) is 0 Å². The van der Waals surface area contributed by atoms with E-state index < -0.39 is 0 Å². The number of ether oxygens (including phenoxy) is 1. The highest BCUT2D eigenvalue weighted by Gasteiger charge is 2.23. The topological polar surface area (TPSA) is 79.4 Å². The first-order valence-corrected chi connectivity index (χ1v) is 10.9. The first-order valence-electron chi connectivity index (χ1n) is 10.9. The Kier molecular flexibility index (Phi) is 6.67. The number of anilines is 2. The minimum Gasteiger partial charge on any atom is -0.497 e. The molecule has 2 heterocycles. The van der Waals surface area contributed by atoms with Crippen LogP contribution in [-0.4, -0.2) is 42.1 Å². The van der Waals surface area contributed by atoms with Crippen LogP contribution in [0.15, 0.2) is 36.7 Å². The average molecular weight is 410 g/mol. The highest BCUT2D eigenvalue weighted by atomic mass is 16.5. The summed E-state index contributed by atoms with van der Waals surface area (Å²) in [6.45, 7) is 2.51. The second-order valence-corrected chi connectivity index (χ2v) is 8.28. The number of nitrogens with one attached hydrogen (secondary N) is 2. The molecule has 0 atom stereocenters. The van der Waals surface area contributed by atoms with Gasteiger partial charge >= 0.3 is 0 Å². The average Bonchev–Trinajstić information content (AvgIpc) is 3.61. The molecule has 0 bridgehead atoms. The lowest BCUT2D eigenvalue weighted by atomic mass is 9.92. The van der Waals surface area contributed by atoms with Crippen LogP contribution in [0.5, 0.6) is 5.75 Å². The second-order valence-electron chi connectivity index (χ2n) is 8.28. The molecule has 1 aliphatic carbocycles. The van der Waals surface area contributed by atoms with Gasteiger partial charge in [0.25, 0.3) is 0 Å². The van der Waals surface area contributed by atoms with Crippen molar-refractivity contribution < 1.29 is 9.53 Å². The SMILES string of the molecule is COc1cccc(CNC(=O)CCC2CCN(c3cc(NC4CC4)ncn3)CC2)c1. The third kappa shape index (κ3) is 5.84. The van der Waals surface area contributed by atoms with E-state index >= 15 is 0 Å². The minimum absolute atomic E-state index is 0.117. The van der Waals surface area contributed by atoms with Crippen LogP contribution < -0.4 is 20.3 Å². The summed E-state index contributed by atoms with van der Waals surface area (Å²) in [5.41, 5.74) is 1.05. The maximum absolute atomic E-state index is 12.3. The number of nitrogens with zero attached hydrogens (tertiary/aromatic N) is 3. The van der Waals surface area contributed by atoms with E-state index in [1.54, 1.807) is 13.4 Å². The molecule has 160 valence electrons. The number of piperidine rings is 1.